The number of amides is 2. The molecule has 8 nitrogen and oxygen atoms in total. The number of anilines is 1. The summed E-state index contributed by atoms with van der Waals surface area (Å²) in [4.78, 5) is 31.4. The Bertz CT molecular complexity index is 1400. The van der Waals surface area contributed by atoms with Crippen molar-refractivity contribution in [3.8, 4) is 17.2 Å². The van der Waals surface area contributed by atoms with Gasteiger partial charge in [-0.3, -0.25) is 14.5 Å². The fourth-order valence-corrected chi connectivity index (χ4v) is 3.81. The molecule has 0 unspecified atom stereocenters. The minimum atomic E-state index is -0.147. The van der Waals surface area contributed by atoms with Crippen LogP contribution in [0.15, 0.2) is 67.1 Å². The zero-order valence-electron chi connectivity index (χ0n) is 17.9. The van der Waals surface area contributed by atoms with Crippen LogP contribution in [0.2, 0.25) is 0 Å². The van der Waals surface area contributed by atoms with Gasteiger partial charge in [0.15, 0.2) is 0 Å². The van der Waals surface area contributed by atoms with E-state index in [0.717, 1.165) is 29.5 Å². The number of benzene rings is 1. The molecule has 1 aromatic carbocycles. The smallest absolute Gasteiger partial charge is 0.259 e. The number of nitrogens with one attached hydrogen (secondary N) is 1. The van der Waals surface area contributed by atoms with Crippen LogP contribution < -0.4 is 10.2 Å². The fourth-order valence-electron chi connectivity index (χ4n) is 3.81. The van der Waals surface area contributed by atoms with Crippen molar-refractivity contribution in [2.24, 2.45) is 0 Å². The van der Waals surface area contributed by atoms with E-state index in [-0.39, 0.29) is 17.9 Å². The molecular weight excluding hydrogens is 416 g/mol. The van der Waals surface area contributed by atoms with Gasteiger partial charge < -0.3 is 5.32 Å². The van der Waals surface area contributed by atoms with Crippen LogP contribution in [-0.4, -0.2) is 39.5 Å². The summed E-state index contributed by atoms with van der Waals surface area (Å²) in [5, 5.41) is 16.1. The van der Waals surface area contributed by atoms with Crippen molar-refractivity contribution >= 4 is 23.1 Å². The van der Waals surface area contributed by atoms with E-state index in [9.17, 15) is 9.59 Å². The number of aromatic nitrogens is 3. The third kappa shape index (κ3) is 3.81. The second kappa shape index (κ2) is 8.20. The van der Waals surface area contributed by atoms with Gasteiger partial charge in [-0.1, -0.05) is 12.1 Å². The third-order valence-corrected chi connectivity index (χ3v) is 5.71. The number of carbonyl (C=O) groups excluding carboxylic acids is 2. The largest absolute Gasteiger partial charge is 0.355 e. The molecule has 0 saturated heterocycles. The molecule has 0 radical (unpaired) electrons. The Kier molecular flexibility index (Phi) is 5.07. The molecule has 8 heteroatoms. The monoisotopic (exact) mass is 436 g/mol. The quantitative estimate of drug-likeness (QED) is 0.516. The van der Waals surface area contributed by atoms with Crippen molar-refractivity contribution in [1.29, 1.82) is 5.26 Å². The van der Waals surface area contributed by atoms with E-state index < -0.39 is 0 Å². The summed E-state index contributed by atoms with van der Waals surface area (Å²) in [7, 11) is 1.60. The van der Waals surface area contributed by atoms with Gasteiger partial charge in [0, 0.05) is 42.2 Å². The molecule has 1 N–H and O–H groups in total. The molecule has 4 aromatic rings. The van der Waals surface area contributed by atoms with Crippen LogP contribution in [0.1, 0.15) is 39.1 Å². The second-order valence-corrected chi connectivity index (χ2v) is 7.88. The molecule has 0 aliphatic heterocycles. The van der Waals surface area contributed by atoms with Gasteiger partial charge in [0.05, 0.1) is 17.3 Å². The highest BCUT2D eigenvalue weighted by molar-refractivity contribution is 6.07. The zero-order valence-corrected chi connectivity index (χ0v) is 17.9. The van der Waals surface area contributed by atoms with E-state index >= 15 is 0 Å². The molecule has 0 bridgehead atoms. The second-order valence-electron chi connectivity index (χ2n) is 7.88. The highest BCUT2D eigenvalue weighted by atomic mass is 16.2. The summed E-state index contributed by atoms with van der Waals surface area (Å²) < 4.78 is 1.72. The molecule has 1 fully saturated rings. The lowest BCUT2D eigenvalue weighted by Crippen LogP contribution is -2.33. The summed E-state index contributed by atoms with van der Waals surface area (Å²) in [5.41, 5.74) is 4.11. The average molecular weight is 436 g/mol. The van der Waals surface area contributed by atoms with Gasteiger partial charge in [-0.25, -0.2) is 9.50 Å². The van der Waals surface area contributed by atoms with Crippen LogP contribution >= 0.6 is 0 Å². The Labute approximate surface area is 190 Å². The lowest BCUT2D eigenvalue weighted by molar-refractivity contribution is 0.0960. The van der Waals surface area contributed by atoms with E-state index in [1.54, 1.807) is 59.2 Å². The van der Waals surface area contributed by atoms with Crippen molar-refractivity contribution in [1.82, 2.24) is 19.9 Å². The standard InChI is InChI=1S/C25H20N6O2/c1-27-24(32)18-5-3-17(4-6-18)21-15-29-30-11-10-19(12-22(21)30)25(33)31(20-7-8-20)23-9-2-16(13-26)14-28-23/h2-6,9-12,14-15,20H,7-8H2,1H3,(H,27,32). The predicted octanol–water partition coefficient (Wildman–Crippen LogP) is 3.44. The number of hydrogen-bond acceptors (Lipinski definition) is 5. The van der Waals surface area contributed by atoms with E-state index in [0.29, 0.717) is 22.5 Å². The maximum Gasteiger partial charge on any atom is 0.259 e. The first kappa shape index (κ1) is 20.4. The SMILES string of the molecule is CNC(=O)c1ccc(-c2cnn3ccc(C(=O)N(c4ccc(C#N)cn4)C4CC4)cc23)cc1. The van der Waals surface area contributed by atoms with Crippen LogP contribution in [0, 0.1) is 11.3 Å². The van der Waals surface area contributed by atoms with Gasteiger partial charge >= 0.3 is 0 Å². The minimum Gasteiger partial charge on any atom is -0.355 e. The van der Waals surface area contributed by atoms with Crippen molar-refractivity contribution < 1.29 is 9.59 Å². The summed E-state index contributed by atoms with van der Waals surface area (Å²) >= 11 is 0. The maximum atomic E-state index is 13.5. The average Bonchev–Trinajstić information content (AvgIpc) is 3.61. The van der Waals surface area contributed by atoms with Gasteiger partial charge in [-0.2, -0.15) is 10.4 Å². The maximum absolute atomic E-state index is 13.5. The summed E-state index contributed by atoms with van der Waals surface area (Å²) in [5.74, 6) is 0.255. The zero-order chi connectivity index (χ0) is 22.9. The summed E-state index contributed by atoms with van der Waals surface area (Å²) in [6, 6.07) is 16.4. The van der Waals surface area contributed by atoms with Gasteiger partial charge in [0.25, 0.3) is 11.8 Å². The Morgan fingerprint density at radius 2 is 1.88 bits per heavy atom. The van der Waals surface area contributed by atoms with Gasteiger partial charge in [0.1, 0.15) is 11.9 Å². The molecule has 1 saturated carbocycles. The third-order valence-electron chi connectivity index (χ3n) is 5.71. The highest BCUT2D eigenvalue weighted by Crippen LogP contribution is 2.33. The molecule has 1 aliphatic rings. The molecule has 3 aromatic heterocycles. The van der Waals surface area contributed by atoms with Crippen LogP contribution in [0.25, 0.3) is 16.6 Å². The van der Waals surface area contributed by atoms with Crippen molar-refractivity contribution in [2.75, 3.05) is 11.9 Å². The molecule has 33 heavy (non-hydrogen) atoms. The molecule has 1 aliphatic carbocycles. The fraction of sp³-hybridized carbons (Fsp3) is 0.160. The van der Waals surface area contributed by atoms with Crippen LogP contribution in [0.3, 0.4) is 0 Å². The molecule has 162 valence electrons. The normalized spacial score (nSPS) is 12.8. The number of nitriles is 1. The van der Waals surface area contributed by atoms with Gasteiger partial charge in [-0.15, -0.1) is 0 Å². The molecule has 3 heterocycles. The minimum absolute atomic E-state index is 0.107. The Balaban J connectivity index is 1.50. The van der Waals surface area contributed by atoms with E-state index in [2.05, 4.69) is 21.5 Å². The van der Waals surface area contributed by atoms with E-state index in [1.165, 1.54) is 6.20 Å². The lowest BCUT2D eigenvalue weighted by Gasteiger charge is -2.21. The number of rotatable bonds is 5. The van der Waals surface area contributed by atoms with E-state index in [1.807, 2.05) is 18.2 Å². The summed E-state index contributed by atoms with van der Waals surface area (Å²) in [6.07, 6.45) is 6.84. The highest BCUT2D eigenvalue weighted by Gasteiger charge is 2.35. The topological polar surface area (TPSA) is 103 Å². The number of pyridine rings is 2. The first-order valence-corrected chi connectivity index (χ1v) is 10.6. The van der Waals surface area contributed by atoms with Gasteiger partial charge in [0.2, 0.25) is 0 Å². The van der Waals surface area contributed by atoms with Crippen LogP contribution in [0.4, 0.5) is 5.82 Å². The van der Waals surface area contributed by atoms with Crippen LogP contribution in [-0.2, 0) is 0 Å². The number of nitrogens with zero attached hydrogens (tertiary/aromatic N) is 5. The van der Waals surface area contributed by atoms with Gasteiger partial charge in [-0.05, 0) is 54.8 Å². The first-order chi connectivity index (χ1) is 16.1. The van der Waals surface area contributed by atoms with Crippen LogP contribution in [0.5, 0.6) is 0 Å². The van der Waals surface area contributed by atoms with E-state index in [4.69, 9.17) is 5.26 Å². The molecular formula is C25H20N6O2. The Morgan fingerprint density at radius 1 is 1.09 bits per heavy atom. The summed E-state index contributed by atoms with van der Waals surface area (Å²) in [6.45, 7) is 0. The number of carbonyl (C=O) groups is 2. The van der Waals surface area contributed by atoms with Crippen molar-refractivity contribution in [3.05, 3.63) is 83.8 Å². The molecule has 2 amide bonds. The molecule has 5 rings (SSSR count). The molecule has 0 atom stereocenters. The molecule has 0 spiro atoms. The number of fused-ring (bicyclic) bond motifs is 1. The predicted molar refractivity (Wildman–Crippen MR) is 123 cm³/mol. The number of hydrogen-bond donors (Lipinski definition) is 1. The Hall–Kier alpha value is -4.51. The van der Waals surface area contributed by atoms with Crippen molar-refractivity contribution in [3.63, 3.8) is 0 Å². The Morgan fingerprint density at radius 3 is 2.52 bits per heavy atom. The first-order valence-electron chi connectivity index (χ1n) is 10.6. The van der Waals surface area contributed by atoms with Crippen molar-refractivity contribution in [2.45, 2.75) is 18.9 Å². The lowest BCUT2D eigenvalue weighted by atomic mass is 10.0.